The SMILES string of the molecule is COc1cc(OC)c(NC(=O)CSc2nncn2C)cc1Cl. The van der Waals surface area contributed by atoms with Gasteiger partial charge in [0.2, 0.25) is 5.91 Å². The number of ether oxygens (including phenoxy) is 2. The van der Waals surface area contributed by atoms with E-state index in [9.17, 15) is 4.79 Å². The van der Waals surface area contributed by atoms with Gasteiger partial charge in [0.15, 0.2) is 5.16 Å². The van der Waals surface area contributed by atoms with Gasteiger partial charge in [-0.2, -0.15) is 0 Å². The van der Waals surface area contributed by atoms with Crippen LogP contribution < -0.4 is 14.8 Å². The van der Waals surface area contributed by atoms with Crippen LogP contribution in [0.1, 0.15) is 0 Å². The fourth-order valence-corrected chi connectivity index (χ4v) is 2.61. The van der Waals surface area contributed by atoms with Crippen LogP contribution in [0, 0.1) is 0 Å². The van der Waals surface area contributed by atoms with Crippen LogP contribution in [-0.4, -0.2) is 40.6 Å². The fourth-order valence-electron chi connectivity index (χ4n) is 1.68. The summed E-state index contributed by atoms with van der Waals surface area (Å²) >= 11 is 7.35. The average molecular weight is 343 g/mol. The van der Waals surface area contributed by atoms with Crippen LogP contribution in [0.2, 0.25) is 5.02 Å². The second-order valence-electron chi connectivity index (χ2n) is 4.25. The second-order valence-corrected chi connectivity index (χ2v) is 5.60. The quantitative estimate of drug-likeness (QED) is 0.811. The Hall–Kier alpha value is -1.93. The van der Waals surface area contributed by atoms with E-state index in [1.165, 1.54) is 26.0 Å². The van der Waals surface area contributed by atoms with E-state index in [-0.39, 0.29) is 11.7 Å². The molecule has 1 N–H and O–H groups in total. The molecule has 22 heavy (non-hydrogen) atoms. The topological polar surface area (TPSA) is 78.3 Å². The van der Waals surface area contributed by atoms with E-state index < -0.39 is 0 Å². The van der Waals surface area contributed by atoms with Crippen molar-refractivity contribution < 1.29 is 14.3 Å². The molecule has 0 saturated heterocycles. The Bertz CT molecular complexity index is 677. The molecule has 0 unspecified atom stereocenters. The first-order valence-electron chi connectivity index (χ1n) is 6.23. The van der Waals surface area contributed by atoms with Crippen LogP contribution in [0.25, 0.3) is 0 Å². The third-order valence-electron chi connectivity index (χ3n) is 2.75. The molecule has 0 aliphatic heterocycles. The number of anilines is 1. The molecule has 1 amide bonds. The lowest BCUT2D eigenvalue weighted by molar-refractivity contribution is -0.113. The molecule has 0 saturated carbocycles. The molecule has 1 heterocycles. The number of nitrogens with zero attached hydrogens (tertiary/aromatic N) is 3. The highest BCUT2D eigenvalue weighted by molar-refractivity contribution is 7.99. The Balaban J connectivity index is 2.05. The monoisotopic (exact) mass is 342 g/mol. The summed E-state index contributed by atoms with van der Waals surface area (Å²) < 4.78 is 12.1. The number of thioether (sulfide) groups is 1. The van der Waals surface area contributed by atoms with Crippen molar-refractivity contribution in [3.63, 3.8) is 0 Å². The number of carbonyl (C=O) groups excluding carboxylic acids is 1. The van der Waals surface area contributed by atoms with Gasteiger partial charge in [-0.05, 0) is 6.07 Å². The number of aryl methyl sites for hydroxylation is 1. The molecular weight excluding hydrogens is 328 g/mol. The smallest absolute Gasteiger partial charge is 0.234 e. The molecule has 0 aliphatic carbocycles. The van der Waals surface area contributed by atoms with Crippen molar-refractivity contribution >= 4 is 35.0 Å². The van der Waals surface area contributed by atoms with Gasteiger partial charge in [-0.15, -0.1) is 10.2 Å². The first-order valence-corrected chi connectivity index (χ1v) is 7.59. The largest absolute Gasteiger partial charge is 0.495 e. The van der Waals surface area contributed by atoms with Crippen molar-refractivity contribution in [3.05, 3.63) is 23.5 Å². The molecule has 1 aromatic heterocycles. The molecule has 0 atom stereocenters. The Morgan fingerprint density at radius 3 is 2.68 bits per heavy atom. The molecule has 9 heteroatoms. The van der Waals surface area contributed by atoms with Crippen molar-refractivity contribution in [3.8, 4) is 11.5 Å². The van der Waals surface area contributed by atoms with E-state index in [1.807, 2.05) is 7.05 Å². The fraction of sp³-hybridized carbons (Fsp3) is 0.308. The third kappa shape index (κ3) is 3.83. The zero-order valence-electron chi connectivity index (χ0n) is 12.3. The maximum absolute atomic E-state index is 12.0. The number of hydrogen-bond donors (Lipinski definition) is 1. The number of halogens is 1. The summed E-state index contributed by atoms with van der Waals surface area (Å²) in [5.41, 5.74) is 0.483. The number of hydrogen-bond acceptors (Lipinski definition) is 6. The van der Waals surface area contributed by atoms with Crippen LogP contribution in [0.3, 0.4) is 0 Å². The van der Waals surface area contributed by atoms with Crippen molar-refractivity contribution in [2.24, 2.45) is 7.05 Å². The zero-order valence-corrected chi connectivity index (χ0v) is 13.9. The van der Waals surface area contributed by atoms with Gasteiger partial charge in [0.05, 0.1) is 30.7 Å². The van der Waals surface area contributed by atoms with Crippen molar-refractivity contribution in [1.29, 1.82) is 0 Å². The Morgan fingerprint density at radius 1 is 1.36 bits per heavy atom. The lowest BCUT2D eigenvalue weighted by Gasteiger charge is -2.12. The standard InChI is InChI=1S/C13H15ClN4O3S/c1-18-7-15-17-13(18)22-6-12(19)16-9-4-8(14)10(20-2)5-11(9)21-3/h4-5,7H,6H2,1-3H3,(H,16,19). The summed E-state index contributed by atoms with van der Waals surface area (Å²) in [4.78, 5) is 12.0. The van der Waals surface area contributed by atoms with Gasteiger partial charge in [-0.25, -0.2) is 0 Å². The number of nitrogens with one attached hydrogen (secondary N) is 1. The van der Waals surface area contributed by atoms with Gasteiger partial charge in [0.1, 0.15) is 17.8 Å². The minimum atomic E-state index is -0.201. The zero-order chi connectivity index (χ0) is 16.1. The van der Waals surface area contributed by atoms with Gasteiger partial charge in [0.25, 0.3) is 0 Å². The highest BCUT2D eigenvalue weighted by Gasteiger charge is 2.13. The van der Waals surface area contributed by atoms with Crippen LogP contribution in [-0.2, 0) is 11.8 Å². The molecule has 0 fully saturated rings. The highest BCUT2D eigenvalue weighted by atomic mass is 35.5. The van der Waals surface area contributed by atoms with Gasteiger partial charge in [0, 0.05) is 13.1 Å². The Kier molecular flexibility index (Phi) is 5.51. The molecule has 0 radical (unpaired) electrons. The van der Waals surface area contributed by atoms with E-state index in [1.54, 1.807) is 23.0 Å². The Morgan fingerprint density at radius 2 is 2.09 bits per heavy atom. The number of aromatic nitrogens is 3. The van der Waals surface area contributed by atoms with Crippen molar-refractivity contribution in [2.45, 2.75) is 5.16 Å². The summed E-state index contributed by atoms with van der Waals surface area (Å²) in [6.07, 6.45) is 1.58. The molecule has 2 rings (SSSR count). The molecule has 0 bridgehead atoms. The molecule has 0 aliphatic rings. The van der Waals surface area contributed by atoms with Crippen LogP contribution >= 0.6 is 23.4 Å². The molecular formula is C13H15ClN4O3S. The van der Waals surface area contributed by atoms with Gasteiger partial charge in [-0.3, -0.25) is 4.79 Å². The predicted molar refractivity (Wildman–Crippen MR) is 84.9 cm³/mol. The van der Waals surface area contributed by atoms with Crippen LogP contribution in [0.4, 0.5) is 5.69 Å². The average Bonchev–Trinajstić information content (AvgIpc) is 2.91. The lowest BCUT2D eigenvalue weighted by atomic mass is 10.2. The number of methoxy groups -OCH3 is 2. The van der Waals surface area contributed by atoms with Crippen molar-refractivity contribution in [2.75, 3.05) is 25.3 Å². The third-order valence-corrected chi connectivity index (χ3v) is 4.08. The van der Waals surface area contributed by atoms with Crippen molar-refractivity contribution in [1.82, 2.24) is 14.8 Å². The molecule has 2 aromatic rings. The van der Waals surface area contributed by atoms with Gasteiger partial charge in [-0.1, -0.05) is 23.4 Å². The summed E-state index contributed by atoms with van der Waals surface area (Å²) in [7, 11) is 4.83. The van der Waals surface area contributed by atoms with E-state index in [2.05, 4.69) is 15.5 Å². The first kappa shape index (κ1) is 16.4. The lowest BCUT2D eigenvalue weighted by Crippen LogP contribution is -2.15. The van der Waals surface area contributed by atoms with E-state index in [0.29, 0.717) is 27.4 Å². The first-order chi connectivity index (χ1) is 10.5. The highest BCUT2D eigenvalue weighted by Crippen LogP contribution is 2.35. The minimum absolute atomic E-state index is 0.194. The summed E-state index contributed by atoms with van der Waals surface area (Å²) in [6, 6.07) is 3.21. The number of carbonyl (C=O) groups is 1. The molecule has 118 valence electrons. The predicted octanol–water partition coefficient (Wildman–Crippen LogP) is 2.22. The number of amides is 1. The summed E-state index contributed by atoms with van der Waals surface area (Å²) in [6.45, 7) is 0. The Labute approximate surface area is 137 Å². The molecule has 1 aromatic carbocycles. The minimum Gasteiger partial charge on any atom is -0.495 e. The van der Waals surface area contributed by atoms with E-state index in [0.717, 1.165) is 0 Å². The summed E-state index contributed by atoms with van der Waals surface area (Å²) in [5.74, 6) is 0.940. The maximum atomic E-state index is 12.0. The van der Waals surface area contributed by atoms with Crippen LogP contribution in [0.5, 0.6) is 11.5 Å². The molecule has 0 spiro atoms. The second kappa shape index (κ2) is 7.37. The summed E-state index contributed by atoms with van der Waals surface area (Å²) in [5, 5.41) is 11.5. The van der Waals surface area contributed by atoms with Gasteiger partial charge < -0.3 is 19.4 Å². The maximum Gasteiger partial charge on any atom is 0.234 e. The van der Waals surface area contributed by atoms with E-state index >= 15 is 0 Å². The van der Waals surface area contributed by atoms with Crippen LogP contribution in [0.15, 0.2) is 23.6 Å². The number of rotatable bonds is 6. The number of benzene rings is 1. The molecule has 7 nitrogen and oxygen atoms in total. The van der Waals surface area contributed by atoms with Gasteiger partial charge >= 0.3 is 0 Å². The van der Waals surface area contributed by atoms with E-state index in [4.69, 9.17) is 21.1 Å². The normalized spacial score (nSPS) is 10.4.